The lowest BCUT2D eigenvalue weighted by atomic mass is 9.72. The number of ether oxygens (including phenoxy) is 1. The first-order chi connectivity index (χ1) is 11.6. The van der Waals surface area contributed by atoms with Crippen molar-refractivity contribution in [3.63, 3.8) is 0 Å². The number of hydrogen-bond donors (Lipinski definition) is 1. The zero-order valence-corrected chi connectivity index (χ0v) is 16.4. The SMILES string of the molecule is CC(C)(N)c1ccc2cc(O[C@H]3CC[C@@H](C(C)(C)C)CC3)ccc2c1. The van der Waals surface area contributed by atoms with E-state index in [1.54, 1.807) is 0 Å². The number of benzene rings is 2. The van der Waals surface area contributed by atoms with E-state index in [0.29, 0.717) is 11.5 Å². The third kappa shape index (κ3) is 4.36. The van der Waals surface area contributed by atoms with Crippen molar-refractivity contribution in [3.05, 3.63) is 42.0 Å². The first-order valence-electron chi connectivity index (χ1n) is 9.63. The normalized spacial score (nSPS) is 22.2. The molecule has 2 nitrogen and oxygen atoms in total. The number of fused-ring (bicyclic) bond motifs is 1. The highest BCUT2D eigenvalue weighted by Gasteiger charge is 2.30. The summed E-state index contributed by atoms with van der Waals surface area (Å²) in [6.45, 7) is 11.2. The summed E-state index contributed by atoms with van der Waals surface area (Å²) >= 11 is 0. The monoisotopic (exact) mass is 339 g/mol. The maximum atomic E-state index is 6.30. The molecule has 1 aliphatic carbocycles. The second kappa shape index (κ2) is 6.64. The van der Waals surface area contributed by atoms with Gasteiger partial charge in [0.1, 0.15) is 5.75 Å². The van der Waals surface area contributed by atoms with Gasteiger partial charge in [0.05, 0.1) is 6.10 Å². The zero-order chi connectivity index (χ0) is 18.2. The van der Waals surface area contributed by atoms with Gasteiger partial charge in [-0.05, 0) is 85.4 Å². The molecule has 0 aromatic heterocycles. The fourth-order valence-corrected chi connectivity index (χ4v) is 3.94. The highest BCUT2D eigenvalue weighted by Crippen LogP contribution is 2.39. The topological polar surface area (TPSA) is 35.2 Å². The first kappa shape index (κ1) is 18.3. The van der Waals surface area contributed by atoms with Crippen LogP contribution >= 0.6 is 0 Å². The molecule has 0 radical (unpaired) electrons. The molecule has 1 saturated carbocycles. The lowest BCUT2D eigenvalue weighted by molar-refractivity contribution is 0.0883. The van der Waals surface area contributed by atoms with Crippen LogP contribution in [-0.2, 0) is 5.54 Å². The zero-order valence-electron chi connectivity index (χ0n) is 16.4. The first-order valence-corrected chi connectivity index (χ1v) is 9.63. The van der Waals surface area contributed by atoms with Gasteiger partial charge in [0.15, 0.2) is 0 Å². The van der Waals surface area contributed by atoms with Gasteiger partial charge in [0, 0.05) is 5.54 Å². The predicted octanol–water partition coefficient (Wildman–Crippen LogP) is 6.02. The van der Waals surface area contributed by atoms with E-state index in [-0.39, 0.29) is 5.54 Å². The van der Waals surface area contributed by atoms with Crippen molar-refractivity contribution < 1.29 is 4.74 Å². The third-order valence-electron chi connectivity index (χ3n) is 5.76. The molecule has 25 heavy (non-hydrogen) atoms. The fraction of sp³-hybridized carbons (Fsp3) is 0.565. The van der Waals surface area contributed by atoms with Gasteiger partial charge in [-0.2, -0.15) is 0 Å². The Morgan fingerprint density at radius 2 is 1.44 bits per heavy atom. The molecule has 0 saturated heterocycles. The quantitative estimate of drug-likeness (QED) is 0.742. The van der Waals surface area contributed by atoms with E-state index < -0.39 is 0 Å². The molecule has 0 spiro atoms. The second-order valence-electron chi connectivity index (χ2n) is 9.40. The molecule has 0 heterocycles. The third-order valence-corrected chi connectivity index (χ3v) is 5.76. The van der Waals surface area contributed by atoms with Crippen LogP contribution in [0, 0.1) is 11.3 Å². The molecular weight excluding hydrogens is 306 g/mol. The number of rotatable bonds is 3. The summed E-state index contributed by atoms with van der Waals surface area (Å²) in [4.78, 5) is 0. The van der Waals surface area contributed by atoms with Gasteiger partial charge in [0.25, 0.3) is 0 Å². The highest BCUT2D eigenvalue weighted by molar-refractivity contribution is 5.84. The predicted molar refractivity (Wildman–Crippen MR) is 107 cm³/mol. The Morgan fingerprint density at radius 3 is 2.04 bits per heavy atom. The summed E-state index contributed by atoms with van der Waals surface area (Å²) in [5.41, 5.74) is 7.49. The number of nitrogens with two attached hydrogens (primary N) is 1. The van der Waals surface area contributed by atoms with Crippen molar-refractivity contribution in [3.8, 4) is 5.75 Å². The minimum atomic E-state index is -0.310. The van der Waals surface area contributed by atoms with Gasteiger partial charge >= 0.3 is 0 Å². The van der Waals surface area contributed by atoms with Crippen LogP contribution < -0.4 is 10.5 Å². The van der Waals surface area contributed by atoms with Crippen LogP contribution in [0.25, 0.3) is 10.8 Å². The van der Waals surface area contributed by atoms with Crippen molar-refractivity contribution >= 4 is 10.8 Å². The summed E-state index contributed by atoms with van der Waals surface area (Å²) < 4.78 is 6.30. The van der Waals surface area contributed by atoms with Crippen LogP contribution in [-0.4, -0.2) is 6.10 Å². The molecule has 2 heteroatoms. The van der Waals surface area contributed by atoms with E-state index in [4.69, 9.17) is 10.5 Å². The Hall–Kier alpha value is -1.54. The molecule has 0 bridgehead atoms. The molecule has 0 amide bonds. The average Bonchev–Trinajstić information content (AvgIpc) is 2.53. The molecule has 0 aliphatic heterocycles. The smallest absolute Gasteiger partial charge is 0.120 e. The second-order valence-corrected chi connectivity index (χ2v) is 9.40. The summed E-state index contributed by atoms with van der Waals surface area (Å²) in [6.07, 6.45) is 5.24. The Bertz CT molecular complexity index is 728. The summed E-state index contributed by atoms with van der Waals surface area (Å²) in [7, 11) is 0. The van der Waals surface area contributed by atoms with Gasteiger partial charge in [-0.15, -0.1) is 0 Å². The van der Waals surface area contributed by atoms with Crippen molar-refractivity contribution in [2.45, 2.75) is 71.9 Å². The Labute approximate surface area is 152 Å². The van der Waals surface area contributed by atoms with Crippen molar-refractivity contribution in [2.24, 2.45) is 17.1 Å². The molecule has 136 valence electrons. The van der Waals surface area contributed by atoms with Crippen LogP contribution in [0.4, 0.5) is 0 Å². The summed E-state index contributed by atoms with van der Waals surface area (Å²) in [5, 5.41) is 2.44. The van der Waals surface area contributed by atoms with Crippen LogP contribution in [0.1, 0.15) is 65.9 Å². The summed E-state index contributed by atoms with van der Waals surface area (Å²) in [5.74, 6) is 1.81. The maximum absolute atomic E-state index is 6.30. The van der Waals surface area contributed by atoms with Crippen LogP contribution in [0.15, 0.2) is 36.4 Å². The van der Waals surface area contributed by atoms with Crippen LogP contribution in [0.3, 0.4) is 0 Å². The molecule has 0 unspecified atom stereocenters. The maximum Gasteiger partial charge on any atom is 0.120 e. The molecule has 2 aromatic rings. The average molecular weight is 340 g/mol. The van der Waals surface area contributed by atoms with E-state index in [0.717, 1.165) is 17.2 Å². The summed E-state index contributed by atoms with van der Waals surface area (Å²) in [6, 6.07) is 12.9. The fourth-order valence-electron chi connectivity index (χ4n) is 3.94. The van der Waals surface area contributed by atoms with Crippen molar-refractivity contribution in [1.82, 2.24) is 0 Å². The Morgan fingerprint density at radius 1 is 0.840 bits per heavy atom. The van der Waals surface area contributed by atoms with E-state index >= 15 is 0 Å². The van der Waals surface area contributed by atoms with Gasteiger partial charge in [-0.3, -0.25) is 0 Å². The van der Waals surface area contributed by atoms with Crippen LogP contribution in [0.2, 0.25) is 0 Å². The van der Waals surface area contributed by atoms with Crippen LogP contribution in [0.5, 0.6) is 5.75 Å². The highest BCUT2D eigenvalue weighted by atomic mass is 16.5. The molecule has 0 atom stereocenters. The van der Waals surface area contributed by atoms with Gasteiger partial charge in [-0.1, -0.05) is 39.0 Å². The standard InChI is InChI=1S/C23H33NO/c1-22(2,3)18-9-12-20(13-10-18)25-21-11-7-16-14-19(23(4,5)24)8-6-17(16)15-21/h6-8,11,14-15,18,20H,9-10,12-13,24H2,1-5H3/t18-,20+. The molecule has 2 aromatic carbocycles. The molecule has 3 rings (SSSR count). The van der Waals surface area contributed by atoms with Crippen molar-refractivity contribution in [2.75, 3.05) is 0 Å². The lowest BCUT2D eigenvalue weighted by Crippen LogP contribution is -2.30. The van der Waals surface area contributed by atoms with E-state index in [9.17, 15) is 0 Å². The minimum Gasteiger partial charge on any atom is -0.490 e. The van der Waals surface area contributed by atoms with Gasteiger partial charge in [0.2, 0.25) is 0 Å². The largest absolute Gasteiger partial charge is 0.490 e. The van der Waals surface area contributed by atoms with E-state index in [2.05, 4.69) is 57.2 Å². The molecule has 2 N–H and O–H groups in total. The van der Waals surface area contributed by atoms with Gasteiger partial charge < -0.3 is 10.5 Å². The molecular formula is C23H33NO. The Balaban J connectivity index is 1.69. The molecule has 1 fully saturated rings. The lowest BCUT2D eigenvalue weighted by Gasteiger charge is -2.37. The van der Waals surface area contributed by atoms with E-state index in [1.807, 2.05) is 13.8 Å². The van der Waals surface area contributed by atoms with Gasteiger partial charge in [-0.25, -0.2) is 0 Å². The van der Waals surface area contributed by atoms with E-state index in [1.165, 1.54) is 36.5 Å². The molecule has 1 aliphatic rings. The van der Waals surface area contributed by atoms with Crippen molar-refractivity contribution in [1.29, 1.82) is 0 Å². The minimum absolute atomic E-state index is 0.310. The Kier molecular flexibility index (Phi) is 4.85. The number of hydrogen-bond acceptors (Lipinski definition) is 2.